The van der Waals surface area contributed by atoms with E-state index in [0.29, 0.717) is 24.9 Å². The monoisotopic (exact) mass is 364 g/mol. The van der Waals surface area contributed by atoms with Crippen LogP contribution in [0.2, 0.25) is 0 Å². The van der Waals surface area contributed by atoms with Gasteiger partial charge in [-0.2, -0.15) is 0 Å². The number of H-pyrrole nitrogens is 1. The summed E-state index contributed by atoms with van der Waals surface area (Å²) in [6, 6.07) is 15.0. The van der Waals surface area contributed by atoms with Crippen molar-refractivity contribution in [3.05, 3.63) is 54.4 Å². The number of unbranched alkanes of at least 4 members (excludes halogenated alkanes) is 1. The number of benzene rings is 2. The number of fused-ring (bicyclic) bond motifs is 1. The smallest absolute Gasteiger partial charge is 0.224 e. The second kappa shape index (κ2) is 8.98. The number of carbonyl (C=O) groups is 2. The van der Waals surface area contributed by atoms with Gasteiger partial charge in [0.1, 0.15) is 5.82 Å². The maximum Gasteiger partial charge on any atom is 0.224 e. The second-order valence-corrected chi connectivity index (χ2v) is 6.48. The third kappa shape index (κ3) is 5.41. The Balaban J connectivity index is 1.48. The van der Waals surface area contributed by atoms with E-state index in [2.05, 4.69) is 27.5 Å². The first-order valence-corrected chi connectivity index (χ1v) is 9.27. The largest absolute Gasteiger partial charge is 0.342 e. The minimum absolute atomic E-state index is 0.0134. The molecule has 0 saturated carbocycles. The molecule has 3 aromatic rings. The first-order chi connectivity index (χ1) is 13.1. The van der Waals surface area contributed by atoms with Gasteiger partial charge in [0.2, 0.25) is 11.8 Å². The van der Waals surface area contributed by atoms with Crippen LogP contribution < -0.4 is 10.6 Å². The van der Waals surface area contributed by atoms with Gasteiger partial charge in [0, 0.05) is 30.6 Å². The standard InChI is InChI=1S/C21H24N4O2/c1-2-3-8-20(26)22-15-9-11-16(12-10-15)23-21(27)14-13-19-24-17-6-4-5-7-18(17)25-19/h4-7,9-12H,2-3,8,13-14H2,1H3,(H,22,26)(H,23,27)(H,24,25). The van der Waals surface area contributed by atoms with Gasteiger partial charge >= 0.3 is 0 Å². The van der Waals surface area contributed by atoms with Crippen molar-refractivity contribution in [2.24, 2.45) is 0 Å². The molecular formula is C21H24N4O2. The molecule has 0 spiro atoms. The molecule has 0 aliphatic rings. The summed E-state index contributed by atoms with van der Waals surface area (Å²) in [5, 5.41) is 5.72. The fraction of sp³-hybridized carbons (Fsp3) is 0.286. The normalized spacial score (nSPS) is 10.7. The highest BCUT2D eigenvalue weighted by Crippen LogP contribution is 2.15. The summed E-state index contributed by atoms with van der Waals surface area (Å²) in [6.45, 7) is 2.05. The van der Waals surface area contributed by atoms with Crippen molar-refractivity contribution in [2.45, 2.75) is 39.0 Å². The quantitative estimate of drug-likeness (QED) is 0.558. The van der Waals surface area contributed by atoms with Gasteiger partial charge in [-0.1, -0.05) is 25.5 Å². The van der Waals surface area contributed by atoms with E-state index in [0.717, 1.165) is 35.4 Å². The number of aryl methyl sites for hydroxylation is 1. The molecule has 0 aliphatic heterocycles. The first-order valence-electron chi connectivity index (χ1n) is 9.27. The molecule has 0 aliphatic carbocycles. The zero-order valence-corrected chi connectivity index (χ0v) is 15.4. The molecule has 140 valence electrons. The highest BCUT2D eigenvalue weighted by Gasteiger charge is 2.07. The van der Waals surface area contributed by atoms with Crippen LogP contribution in [-0.4, -0.2) is 21.8 Å². The summed E-state index contributed by atoms with van der Waals surface area (Å²) in [5.41, 5.74) is 3.32. The lowest BCUT2D eigenvalue weighted by molar-refractivity contribution is -0.117. The van der Waals surface area contributed by atoms with Gasteiger partial charge < -0.3 is 15.6 Å². The Morgan fingerprint density at radius 2 is 1.56 bits per heavy atom. The molecule has 6 nitrogen and oxygen atoms in total. The molecule has 2 amide bonds. The molecule has 3 rings (SSSR count). The molecule has 0 unspecified atom stereocenters. The lowest BCUT2D eigenvalue weighted by Crippen LogP contribution is -2.13. The number of imidazole rings is 1. The topological polar surface area (TPSA) is 86.9 Å². The number of hydrogen-bond acceptors (Lipinski definition) is 3. The lowest BCUT2D eigenvalue weighted by Gasteiger charge is -2.07. The van der Waals surface area contributed by atoms with E-state index in [1.807, 2.05) is 24.3 Å². The van der Waals surface area contributed by atoms with Crippen molar-refractivity contribution in [3.8, 4) is 0 Å². The molecule has 0 atom stereocenters. The minimum atomic E-state index is -0.0739. The van der Waals surface area contributed by atoms with Crippen LogP contribution in [-0.2, 0) is 16.0 Å². The van der Waals surface area contributed by atoms with E-state index < -0.39 is 0 Å². The predicted molar refractivity (Wildman–Crippen MR) is 108 cm³/mol. The second-order valence-electron chi connectivity index (χ2n) is 6.48. The molecule has 0 fully saturated rings. The summed E-state index contributed by atoms with van der Waals surface area (Å²) in [5.74, 6) is 0.742. The molecule has 27 heavy (non-hydrogen) atoms. The Bertz CT molecular complexity index is 882. The van der Waals surface area contributed by atoms with Crippen molar-refractivity contribution >= 4 is 34.2 Å². The predicted octanol–water partition coefficient (Wildman–Crippen LogP) is 4.26. The number of nitrogens with one attached hydrogen (secondary N) is 3. The third-order valence-electron chi connectivity index (χ3n) is 4.24. The average Bonchev–Trinajstić information content (AvgIpc) is 3.09. The molecule has 2 aromatic carbocycles. The van der Waals surface area contributed by atoms with Gasteiger partial charge in [-0.3, -0.25) is 9.59 Å². The molecule has 1 heterocycles. The molecule has 3 N–H and O–H groups in total. The molecule has 6 heteroatoms. The summed E-state index contributed by atoms with van der Waals surface area (Å²) in [7, 11) is 0. The Kier molecular flexibility index (Phi) is 6.20. The van der Waals surface area contributed by atoms with Gasteiger partial charge in [0.25, 0.3) is 0 Å². The van der Waals surface area contributed by atoms with E-state index in [9.17, 15) is 9.59 Å². The Morgan fingerprint density at radius 1 is 0.926 bits per heavy atom. The van der Waals surface area contributed by atoms with E-state index >= 15 is 0 Å². The molecule has 0 saturated heterocycles. The summed E-state index contributed by atoms with van der Waals surface area (Å²) in [6.07, 6.45) is 3.29. The molecular weight excluding hydrogens is 340 g/mol. The number of aromatic amines is 1. The van der Waals surface area contributed by atoms with Crippen LogP contribution in [0.1, 0.15) is 38.4 Å². The van der Waals surface area contributed by atoms with E-state index in [4.69, 9.17) is 0 Å². The number of amides is 2. The first kappa shape index (κ1) is 18.6. The van der Waals surface area contributed by atoms with Gasteiger partial charge in [-0.25, -0.2) is 4.98 Å². The SMILES string of the molecule is CCCCC(=O)Nc1ccc(NC(=O)CCc2nc3ccccc3[nH]2)cc1. The maximum absolute atomic E-state index is 12.2. The molecule has 0 bridgehead atoms. The minimum Gasteiger partial charge on any atom is -0.342 e. The number of rotatable bonds is 8. The fourth-order valence-electron chi connectivity index (χ4n) is 2.78. The zero-order chi connectivity index (χ0) is 19.1. The van der Waals surface area contributed by atoms with Crippen molar-refractivity contribution in [1.29, 1.82) is 0 Å². The summed E-state index contributed by atoms with van der Waals surface area (Å²) in [4.78, 5) is 31.6. The van der Waals surface area contributed by atoms with Crippen LogP contribution in [0.15, 0.2) is 48.5 Å². The van der Waals surface area contributed by atoms with E-state index in [1.165, 1.54) is 0 Å². The Morgan fingerprint density at radius 3 is 2.19 bits per heavy atom. The molecule has 1 aromatic heterocycles. The van der Waals surface area contributed by atoms with E-state index in [-0.39, 0.29) is 11.8 Å². The van der Waals surface area contributed by atoms with E-state index in [1.54, 1.807) is 24.3 Å². The van der Waals surface area contributed by atoms with Crippen molar-refractivity contribution in [2.75, 3.05) is 10.6 Å². The summed E-state index contributed by atoms with van der Waals surface area (Å²) < 4.78 is 0. The highest BCUT2D eigenvalue weighted by atomic mass is 16.2. The zero-order valence-electron chi connectivity index (χ0n) is 15.4. The van der Waals surface area contributed by atoms with Crippen molar-refractivity contribution < 1.29 is 9.59 Å². The van der Waals surface area contributed by atoms with Crippen LogP contribution in [0.5, 0.6) is 0 Å². The summed E-state index contributed by atoms with van der Waals surface area (Å²) >= 11 is 0. The van der Waals surface area contributed by atoms with Crippen LogP contribution in [0.3, 0.4) is 0 Å². The van der Waals surface area contributed by atoms with Crippen LogP contribution >= 0.6 is 0 Å². The maximum atomic E-state index is 12.2. The van der Waals surface area contributed by atoms with Crippen LogP contribution in [0, 0.1) is 0 Å². The number of aromatic nitrogens is 2. The average molecular weight is 364 g/mol. The van der Waals surface area contributed by atoms with Gasteiger partial charge in [0.05, 0.1) is 11.0 Å². The van der Waals surface area contributed by atoms with Gasteiger partial charge in [-0.05, 0) is 42.8 Å². The highest BCUT2D eigenvalue weighted by molar-refractivity contribution is 5.93. The number of nitrogens with zero attached hydrogens (tertiary/aromatic N) is 1. The van der Waals surface area contributed by atoms with Crippen LogP contribution in [0.25, 0.3) is 11.0 Å². The Labute approximate surface area is 158 Å². The third-order valence-corrected chi connectivity index (χ3v) is 4.24. The lowest BCUT2D eigenvalue weighted by atomic mass is 10.2. The van der Waals surface area contributed by atoms with Crippen LogP contribution in [0.4, 0.5) is 11.4 Å². The number of para-hydroxylation sites is 2. The van der Waals surface area contributed by atoms with Crippen molar-refractivity contribution in [3.63, 3.8) is 0 Å². The fourth-order valence-corrected chi connectivity index (χ4v) is 2.78. The Hall–Kier alpha value is -3.15. The molecule has 0 radical (unpaired) electrons. The number of hydrogen-bond donors (Lipinski definition) is 3. The van der Waals surface area contributed by atoms with Gasteiger partial charge in [0.15, 0.2) is 0 Å². The van der Waals surface area contributed by atoms with Crippen molar-refractivity contribution in [1.82, 2.24) is 9.97 Å². The van der Waals surface area contributed by atoms with Gasteiger partial charge in [-0.15, -0.1) is 0 Å². The number of carbonyl (C=O) groups excluding carboxylic acids is 2. The number of anilines is 2.